The van der Waals surface area contributed by atoms with Crippen LogP contribution in [0.15, 0.2) is 54.7 Å². The van der Waals surface area contributed by atoms with Crippen LogP contribution in [0.4, 0.5) is 11.6 Å². The summed E-state index contributed by atoms with van der Waals surface area (Å²) in [5.74, 6) is 1.17. The lowest BCUT2D eigenvalue weighted by Crippen LogP contribution is -2.43. The number of H-pyrrole nitrogens is 1. The SMILES string of the molecule is COc1nc(Nc2ccc(CN3CCN(C)CC3)cc2)nc2[nH]cc(-c3ccc(O)cc3)c12. The number of phenolic OH excluding ortho intramolecular Hbond substituents is 1. The normalized spacial score (nSPS) is 15.1. The monoisotopic (exact) mass is 444 g/mol. The zero-order valence-electron chi connectivity index (χ0n) is 18.9. The summed E-state index contributed by atoms with van der Waals surface area (Å²) in [6, 6.07) is 15.4. The first-order valence-electron chi connectivity index (χ1n) is 11.1. The third-order valence-electron chi connectivity index (χ3n) is 6.08. The molecule has 0 amide bonds. The molecule has 3 heterocycles. The Labute approximate surface area is 192 Å². The first-order valence-corrected chi connectivity index (χ1v) is 11.1. The molecule has 1 saturated heterocycles. The quantitative estimate of drug-likeness (QED) is 0.416. The Kier molecular flexibility index (Phi) is 5.85. The van der Waals surface area contributed by atoms with Crippen LogP contribution in [-0.4, -0.2) is 70.2 Å². The fourth-order valence-electron chi connectivity index (χ4n) is 4.16. The predicted octanol–water partition coefficient (Wildman–Crippen LogP) is 3.83. The molecule has 2 aromatic heterocycles. The van der Waals surface area contributed by atoms with Gasteiger partial charge in [0, 0.05) is 50.2 Å². The third kappa shape index (κ3) is 4.62. The van der Waals surface area contributed by atoms with E-state index in [0.29, 0.717) is 17.5 Å². The highest BCUT2D eigenvalue weighted by Crippen LogP contribution is 2.35. The van der Waals surface area contributed by atoms with Gasteiger partial charge in [-0.05, 0) is 42.4 Å². The zero-order valence-corrected chi connectivity index (χ0v) is 18.9. The second kappa shape index (κ2) is 9.09. The highest BCUT2D eigenvalue weighted by atomic mass is 16.5. The van der Waals surface area contributed by atoms with Gasteiger partial charge in [0.1, 0.15) is 11.4 Å². The number of nitrogens with one attached hydrogen (secondary N) is 2. The second-order valence-electron chi connectivity index (χ2n) is 8.43. The van der Waals surface area contributed by atoms with E-state index in [1.807, 2.05) is 18.3 Å². The summed E-state index contributed by atoms with van der Waals surface area (Å²) < 4.78 is 5.59. The molecule has 0 saturated carbocycles. The standard InChI is InChI=1S/C25H28N6O2/c1-30-11-13-31(14-12-30)16-17-3-7-19(8-4-17)27-25-28-23-22(24(29-25)33-2)21(15-26-23)18-5-9-20(32)10-6-18/h3-10,15,32H,11-14,16H2,1-2H3,(H2,26,27,28,29). The number of aromatic amines is 1. The smallest absolute Gasteiger partial charge is 0.232 e. The van der Waals surface area contributed by atoms with E-state index in [1.165, 1.54) is 5.56 Å². The van der Waals surface area contributed by atoms with E-state index in [4.69, 9.17) is 4.74 Å². The Morgan fingerprint density at radius 3 is 2.42 bits per heavy atom. The van der Waals surface area contributed by atoms with Gasteiger partial charge in [0.2, 0.25) is 11.8 Å². The zero-order chi connectivity index (χ0) is 22.8. The van der Waals surface area contributed by atoms with E-state index in [9.17, 15) is 5.11 Å². The molecule has 5 rings (SSSR count). The number of phenols is 1. The summed E-state index contributed by atoms with van der Waals surface area (Å²) in [4.78, 5) is 17.3. The highest BCUT2D eigenvalue weighted by Gasteiger charge is 2.17. The molecule has 0 aliphatic carbocycles. The van der Waals surface area contributed by atoms with Gasteiger partial charge in [-0.25, -0.2) is 0 Å². The molecular formula is C25H28N6O2. The maximum absolute atomic E-state index is 9.58. The van der Waals surface area contributed by atoms with Gasteiger partial charge in [-0.1, -0.05) is 24.3 Å². The summed E-state index contributed by atoms with van der Waals surface area (Å²) in [7, 11) is 3.78. The largest absolute Gasteiger partial charge is 0.508 e. The number of methoxy groups -OCH3 is 1. The number of hydrogen-bond donors (Lipinski definition) is 3. The molecule has 0 atom stereocenters. The van der Waals surface area contributed by atoms with Crippen molar-refractivity contribution in [2.45, 2.75) is 6.54 Å². The second-order valence-corrected chi connectivity index (χ2v) is 8.43. The lowest BCUT2D eigenvalue weighted by molar-refractivity contribution is 0.148. The molecule has 0 spiro atoms. The van der Waals surface area contributed by atoms with Gasteiger partial charge in [-0.15, -0.1) is 0 Å². The minimum atomic E-state index is 0.225. The molecule has 1 fully saturated rings. The van der Waals surface area contributed by atoms with Crippen LogP contribution in [0, 0.1) is 0 Å². The Balaban J connectivity index is 1.34. The van der Waals surface area contributed by atoms with Gasteiger partial charge in [0.25, 0.3) is 0 Å². The maximum Gasteiger partial charge on any atom is 0.232 e. The molecule has 4 aromatic rings. The fraction of sp³-hybridized carbons (Fsp3) is 0.280. The minimum Gasteiger partial charge on any atom is -0.508 e. The number of benzene rings is 2. The third-order valence-corrected chi connectivity index (χ3v) is 6.08. The minimum absolute atomic E-state index is 0.225. The van der Waals surface area contributed by atoms with Crippen molar-refractivity contribution in [3.8, 4) is 22.8 Å². The maximum atomic E-state index is 9.58. The Morgan fingerprint density at radius 2 is 1.73 bits per heavy atom. The number of anilines is 2. The molecular weight excluding hydrogens is 416 g/mol. The number of piperazine rings is 1. The van der Waals surface area contributed by atoms with Gasteiger partial charge in [-0.2, -0.15) is 9.97 Å². The highest BCUT2D eigenvalue weighted by molar-refractivity contribution is 5.97. The molecule has 1 aliphatic rings. The fourth-order valence-corrected chi connectivity index (χ4v) is 4.16. The van der Waals surface area contributed by atoms with Crippen molar-refractivity contribution in [1.82, 2.24) is 24.8 Å². The number of fused-ring (bicyclic) bond motifs is 1. The lowest BCUT2D eigenvalue weighted by atomic mass is 10.1. The van der Waals surface area contributed by atoms with Crippen molar-refractivity contribution in [1.29, 1.82) is 0 Å². The average Bonchev–Trinajstić information content (AvgIpc) is 3.26. The van der Waals surface area contributed by atoms with Crippen LogP contribution in [0.3, 0.4) is 0 Å². The van der Waals surface area contributed by atoms with E-state index in [0.717, 1.165) is 54.9 Å². The van der Waals surface area contributed by atoms with Crippen molar-refractivity contribution in [3.63, 3.8) is 0 Å². The van der Waals surface area contributed by atoms with E-state index < -0.39 is 0 Å². The van der Waals surface area contributed by atoms with Crippen LogP contribution >= 0.6 is 0 Å². The van der Waals surface area contributed by atoms with Crippen molar-refractivity contribution in [3.05, 3.63) is 60.3 Å². The molecule has 8 nitrogen and oxygen atoms in total. The lowest BCUT2D eigenvalue weighted by Gasteiger charge is -2.32. The van der Waals surface area contributed by atoms with Gasteiger partial charge in [-0.3, -0.25) is 4.90 Å². The van der Waals surface area contributed by atoms with Crippen LogP contribution in [0.5, 0.6) is 11.6 Å². The van der Waals surface area contributed by atoms with E-state index in [-0.39, 0.29) is 5.75 Å². The molecule has 3 N–H and O–H groups in total. The Morgan fingerprint density at radius 1 is 1.00 bits per heavy atom. The van der Waals surface area contributed by atoms with Crippen LogP contribution < -0.4 is 10.1 Å². The van der Waals surface area contributed by atoms with Crippen molar-refractivity contribution in [2.75, 3.05) is 45.7 Å². The van der Waals surface area contributed by atoms with Gasteiger partial charge in [0.05, 0.1) is 12.5 Å². The van der Waals surface area contributed by atoms with Crippen LogP contribution in [-0.2, 0) is 6.54 Å². The number of aromatic nitrogens is 3. The number of likely N-dealkylation sites (N-methyl/N-ethyl adjacent to an activating group) is 1. The molecule has 8 heteroatoms. The first-order chi connectivity index (χ1) is 16.1. The van der Waals surface area contributed by atoms with Gasteiger partial charge in [0.15, 0.2) is 0 Å². The number of ether oxygens (including phenoxy) is 1. The summed E-state index contributed by atoms with van der Waals surface area (Å²) >= 11 is 0. The van der Waals surface area contributed by atoms with E-state index in [1.54, 1.807) is 19.2 Å². The molecule has 0 radical (unpaired) electrons. The van der Waals surface area contributed by atoms with E-state index in [2.05, 4.69) is 61.4 Å². The molecule has 2 aromatic carbocycles. The van der Waals surface area contributed by atoms with Gasteiger partial charge < -0.3 is 25.0 Å². The Bertz CT molecular complexity index is 1230. The molecule has 33 heavy (non-hydrogen) atoms. The van der Waals surface area contributed by atoms with Gasteiger partial charge >= 0.3 is 0 Å². The predicted molar refractivity (Wildman–Crippen MR) is 130 cm³/mol. The van der Waals surface area contributed by atoms with Crippen molar-refractivity contribution >= 4 is 22.7 Å². The number of nitrogens with zero attached hydrogens (tertiary/aromatic N) is 4. The summed E-state index contributed by atoms with van der Waals surface area (Å²) in [5.41, 5.74) is 4.75. The number of hydrogen-bond acceptors (Lipinski definition) is 7. The van der Waals surface area contributed by atoms with Crippen molar-refractivity contribution < 1.29 is 9.84 Å². The van der Waals surface area contributed by atoms with Crippen molar-refractivity contribution in [2.24, 2.45) is 0 Å². The average molecular weight is 445 g/mol. The first kappa shape index (κ1) is 21.2. The Hall–Kier alpha value is -3.62. The number of aromatic hydroxyl groups is 1. The molecule has 0 unspecified atom stereocenters. The molecule has 0 bridgehead atoms. The van der Waals surface area contributed by atoms with Crippen LogP contribution in [0.1, 0.15) is 5.56 Å². The molecule has 1 aliphatic heterocycles. The van der Waals surface area contributed by atoms with E-state index >= 15 is 0 Å². The van der Waals surface area contributed by atoms with Crippen LogP contribution in [0.25, 0.3) is 22.2 Å². The number of rotatable bonds is 6. The van der Waals surface area contributed by atoms with Crippen LogP contribution in [0.2, 0.25) is 0 Å². The summed E-state index contributed by atoms with van der Waals surface area (Å²) in [5, 5.41) is 13.7. The molecule has 170 valence electrons. The summed E-state index contributed by atoms with van der Waals surface area (Å²) in [6.45, 7) is 5.41. The topological polar surface area (TPSA) is 89.5 Å². The summed E-state index contributed by atoms with van der Waals surface area (Å²) in [6.07, 6.45) is 1.88.